The Labute approximate surface area is 256 Å². The number of hydrogen-bond donors (Lipinski definition) is 1. The fourth-order valence-electron chi connectivity index (χ4n) is 3.48. The van der Waals surface area contributed by atoms with Gasteiger partial charge in [-0.05, 0) is 13.0 Å². The largest absolute Gasteiger partial charge is 0.420 e. The number of imide groups is 1. The summed E-state index contributed by atoms with van der Waals surface area (Å²) in [6.45, 7) is 5.16. The lowest BCUT2D eigenvalue weighted by molar-refractivity contribution is -0.137. The van der Waals surface area contributed by atoms with Crippen molar-refractivity contribution in [2.24, 2.45) is 0 Å². The molecule has 1 aromatic rings. The molecule has 0 aliphatic carbocycles. The molecule has 0 saturated heterocycles. The molecule has 12 nitrogen and oxygen atoms in total. The van der Waals surface area contributed by atoms with Gasteiger partial charge in [0.1, 0.15) is 0 Å². The minimum Gasteiger partial charge on any atom is -0.420 e. The lowest BCUT2D eigenvalue weighted by Crippen LogP contribution is -2.33. The summed E-state index contributed by atoms with van der Waals surface area (Å²) in [5, 5.41) is 3.17. The van der Waals surface area contributed by atoms with E-state index in [1.54, 1.807) is 0 Å². The highest BCUT2D eigenvalue weighted by Crippen LogP contribution is 2.29. The summed E-state index contributed by atoms with van der Waals surface area (Å²) >= 11 is 0. The molecule has 17 heteroatoms. The molecule has 1 N–H and O–H groups in total. The van der Waals surface area contributed by atoms with Crippen LogP contribution in [-0.4, -0.2) is 122 Å². The van der Waals surface area contributed by atoms with E-state index in [1.807, 2.05) is 0 Å². The van der Waals surface area contributed by atoms with Crippen molar-refractivity contribution in [1.82, 2.24) is 10.2 Å². The molecule has 0 saturated carbocycles. The van der Waals surface area contributed by atoms with Gasteiger partial charge in [0.05, 0.1) is 85.7 Å². The van der Waals surface area contributed by atoms with Crippen molar-refractivity contribution in [1.29, 1.82) is 0 Å². The van der Waals surface area contributed by atoms with E-state index in [4.69, 9.17) is 28.4 Å². The number of halogens is 5. The minimum atomic E-state index is -2.35. The van der Waals surface area contributed by atoms with E-state index in [0.717, 1.165) is 0 Å². The summed E-state index contributed by atoms with van der Waals surface area (Å²) in [5.74, 6) is -14.7. The summed E-state index contributed by atoms with van der Waals surface area (Å²) in [5.41, 5.74) is 0. The Morgan fingerprint density at radius 1 is 0.578 bits per heavy atom. The first-order valence-electron chi connectivity index (χ1n) is 14.2. The van der Waals surface area contributed by atoms with Crippen molar-refractivity contribution >= 4 is 17.8 Å². The first kappa shape index (κ1) is 38.1. The van der Waals surface area contributed by atoms with Crippen LogP contribution in [0.3, 0.4) is 0 Å². The third-order valence-electron chi connectivity index (χ3n) is 5.75. The van der Waals surface area contributed by atoms with Crippen LogP contribution in [0.25, 0.3) is 0 Å². The smallest absolute Gasteiger partial charge is 0.313 e. The van der Waals surface area contributed by atoms with E-state index >= 15 is 0 Å². The van der Waals surface area contributed by atoms with E-state index in [9.17, 15) is 36.3 Å². The van der Waals surface area contributed by atoms with Gasteiger partial charge in [0.2, 0.25) is 34.8 Å². The van der Waals surface area contributed by atoms with Crippen LogP contribution in [0.4, 0.5) is 22.0 Å². The maximum Gasteiger partial charge on any atom is 0.313 e. The number of benzene rings is 1. The maximum absolute atomic E-state index is 13.5. The molecule has 254 valence electrons. The highest BCUT2D eigenvalue weighted by atomic mass is 19.2. The predicted molar refractivity (Wildman–Crippen MR) is 145 cm³/mol. The summed E-state index contributed by atoms with van der Waals surface area (Å²) in [7, 11) is 0. The molecule has 0 unspecified atom stereocenters. The van der Waals surface area contributed by atoms with Crippen molar-refractivity contribution < 1.29 is 69.5 Å². The van der Waals surface area contributed by atoms with Crippen LogP contribution in [0.5, 0.6) is 5.75 Å². The predicted octanol–water partition coefficient (Wildman–Crippen LogP) is 1.68. The van der Waals surface area contributed by atoms with E-state index in [-0.39, 0.29) is 38.2 Å². The van der Waals surface area contributed by atoms with Crippen molar-refractivity contribution in [3.63, 3.8) is 0 Å². The van der Waals surface area contributed by atoms with Crippen molar-refractivity contribution in [2.75, 3.05) is 98.9 Å². The monoisotopic (exact) mass is 656 g/mol. The zero-order valence-electron chi connectivity index (χ0n) is 24.6. The molecule has 0 radical (unpaired) electrons. The fraction of sp³-hybridized carbons (Fsp3) is 0.607. The van der Waals surface area contributed by atoms with Crippen LogP contribution in [0.1, 0.15) is 12.8 Å². The Morgan fingerprint density at radius 3 is 1.44 bits per heavy atom. The van der Waals surface area contributed by atoms with E-state index in [1.165, 1.54) is 17.1 Å². The molecule has 1 aliphatic rings. The normalized spacial score (nSPS) is 13.0. The second kappa shape index (κ2) is 22.4. The zero-order chi connectivity index (χ0) is 32.9. The van der Waals surface area contributed by atoms with Gasteiger partial charge in [-0.15, -0.1) is 0 Å². The second-order valence-electron chi connectivity index (χ2n) is 9.06. The lowest BCUT2D eigenvalue weighted by Gasteiger charge is -2.13. The number of esters is 1. The molecule has 45 heavy (non-hydrogen) atoms. The van der Waals surface area contributed by atoms with Crippen LogP contribution >= 0.6 is 0 Å². The Morgan fingerprint density at radius 2 is 0.978 bits per heavy atom. The van der Waals surface area contributed by atoms with Gasteiger partial charge in [-0.2, -0.15) is 8.78 Å². The van der Waals surface area contributed by atoms with Crippen LogP contribution in [0, 0.1) is 29.1 Å². The molecule has 1 aromatic carbocycles. The number of ether oxygens (including phenoxy) is 7. The quantitative estimate of drug-likeness (QED) is 0.0297. The van der Waals surface area contributed by atoms with Crippen LogP contribution in [0.15, 0.2) is 12.2 Å². The molecule has 0 spiro atoms. The van der Waals surface area contributed by atoms with Crippen LogP contribution in [-0.2, 0) is 42.8 Å². The molecule has 2 rings (SSSR count). The summed E-state index contributed by atoms with van der Waals surface area (Å²) in [4.78, 5) is 35.7. The average molecular weight is 657 g/mol. The summed E-state index contributed by atoms with van der Waals surface area (Å²) in [6.07, 6.45) is 2.71. The molecular formula is C28H37F5N2O10. The number of carbonyl (C=O) groups is 3. The topological polar surface area (TPSA) is 131 Å². The van der Waals surface area contributed by atoms with Gasteiger partial charge in [0.25, 0.3) is 11.8 Å². The SMILES string of the molecule is O=C(CCOCCOCCOCCOCCOCCOCCNCCCN1C(=O)C=CC1=O)Oc1c(F)c(F)c(F)c(F)c1F. The molecule has 0 atom stereocenters. The lowest BCUT2D eigenvalue weighted by atomic mass is 10.2. The molecule has 1 heterocycles. The Hall–Kier alpha value is -3.06. The molecule has 2 amide bonds. The summed E-state index contributed by atoms with van der Waals surface area (Å²) in [6, 6.07) is 0. The van der Waals surface area contributed by atoms with Gasteiger partial charge < -0.3 is 38.5 Å². The van der Waals surface area contributed by atoms with Crippen molar-refractivity contribution in [3.05, 3.63) is 41.2 Å². The minimum absolute atomic E-state index is 0.0756. The van der Waals surface area contributed by atoms with Crippen molar-refractivity contribution in [2.45, 2.75) is 12.8 Å². The van der Waals surface area contributed by atoms with E-state index in [2.05, 4.69) is 10.1 Å². The number of amides is 2. The molecule has 0 fully saturated rings. The number of hydrogen-bond acceptors (Lipinski definition) is 11. The van der Waals surface area contributed by atoms with Crippen molar-refractivity contribution in [3.8, 4) is 5.75 Å². The van der Waals surface area contributed by atoms with Gasteiger partial charge in [0.15, 0.2) is 0 Å². The first-order valence-corrected chi connectivity index (χ1v) is 14.2. The van der Waals surface area contributed by atoms with E-state index < -0.39 is 47.2 Å². The van der Waals surface area contributed by atoms with Gasteiger partial charge in [0, 0.05) is 25.2 Å². The highest BCUT2D eigenvalue weighted by molar-refractivity contribution is 6.12. The second-order valence-corrected chi connectivity index (χ2v) is 9.06. The summed E-state index contributed by atoms with van der Waals surface area (Å²) < 4.78 is 102. The van der Waals surface area contributed by atoms with Crippen LogP contribution < -0.4 is 10.1 Å². The third-order valence-corrected chi connectivity index (χ3v) is 5.75. The molecular weight excluding hydrogens is 619 g/mol. The molecule has 1 aliphatic heterocycles. The van der Waals surface area contributed by atoms with E-state index in [0.29, 0.717) is 78.9 Å². The number of rotatable bonds is 26. The first-order chi connectivity index (χ1) is 21.7. The molecule has 0 bridgehead atoms. The fourth-order valence-corrected chi connectivity index (χ4v) is 3.48. The number of nitrogens with one attached hydrogen (secondary N) is 1. The maximum atomic E-state index is 13.5. The average Bonchev–Trinajstić information content (AvgIpc) is 3.35. The van der Waals surface area contributed by atoms with Gasteiger partial charge in [-0.3, -0.25) is 19.3 Å². The Balaban J connectivity index is 1.27. The number of nitrogens with zero attached hydrogens (tertiary/aromatic N) is 1. The van der Waals surface area contributed by atoms with Crippen LogP contribution in [0.2, 0.25) is 0 Å². The molecule has 0 aromatic heterocycles. The van der Waals surface area contributed by atoms with Gasteiger partial charge >= 0.3 is 5.97 Å². The van der Waals surface area contributed by atoms with Gasteiger partial charge in [-0.25, -0.2) is 13.2 Å². The Bertz CT molecular complexity index is 1060. The highest BCUT2D eigenvalue weighted by Gasteiger charge is 2.28. The zero-order valence-corrected chi connectivity index (χ0v) is 24.6. The van der Waals surface area contributed by atoms with Gasteiger partial charge in [-0.1, -0.05) is 0 Å². The third kappa shape index (κ3) is 14.7. The standard InChI is InChI=1S/C28H37F5N2O10/c29-23-24(30)26(32)28(27(33)25(23)31)45-22(38)4-8-39-10-12-41-14-16-43-18-19-44-17-15-42-13-11-40-9-6-34-5-1-7-35-20(36)2-3-21(35)37/h2-3,34H,1,4-19H2. The Kier molecular flexibility index (Phi) is 19.0. The number of carbonyl (C=O) groups excluding carboxylic acids is 3.